The Morgan fingerprint density at radius 1 is 0.862 bits per heavy atom. The second-order valence-corrected chi connectivity index (χ2v) is 6.58. The zero-order valence-electron chi connectivity index (χ0n) is 15.0. The first-order valence-corrected chi connectivity index (χ1v) is 8.82. The fourth-order valence-electron chi connectivity index (χ4n) is 3.36. The molecule has 0 saturated heterocycles. The molecular weight excluding hydrogens is 381 g/mol. The Kier molecular flexibility index (Phi) is 4.58. The van der Waals surface area contributed by atoms with Crippen LogP contribution in [0, 0.1) is 0 Å². The molecule has 4 aromatic rings. The quantitative estimate of drug-likeness (QED) is 0.505. The van der Waals surface area contributed by atoms with Gasteiger partial charge in [0.25, 0.3) is 0 Å². The van der Waals surface area contributed by atoms with Gasteiger partial charge < -0.3 is 9.88 Å². The highest BCUT2D eigenvalue weighted by atomic mass is 19.4. The summed E-state index contributed by atoms with van der Waals surface area (Å²) in [5.74, 6) is -0.497. The van der Waals surface area contributed by atoms with Gasteiger partial charge in [-0.2, -0.15) is 13.2 Å². The average Bonchev–Trinajstić information content (AvgIpc) is 2.71. The van der Waals surface area contributed by atoms with E-state index in [9.17, 15) is 22.8 Å². The van der Waals surface area contributed by atoms with Crippen molar-refractivity contribution in [3.63, 3.8) is 0 Å². The molecule has 0 fully saturated rings. The molecule has 3 aromatic carbocycles. The van der Waals surface area contributed by atoms with Gasteiger partial charge in [0.1, 0.15) is 6.54 Å². The number of alkyl halides is 3. The van der Waals surface area contributed by atoms with E-state index in [0.29, 0.717) is 21.8 Å². The van der Waals surface area contributed by atoms with E-state index < -0.39 is 17.6 Å². The second kappa shape index (κ2) is 7.09. The summed E-state index contributed by atoms with van der Waals surface area (Å²) in [6.45, 7) is -0.155. The molecule has 4 rings (SSSR count). The van der Waals surface area contributed by atoms with E-state index in [4.69, 9.17) is 0 Å². The van der Waals surface area contributed by atoms with Gasteiger partial charge in [-0.25, -0.2) is 0 Å². The number of para-hydroxylation sites is 2. The highest BCUT2D eigenvalue weighted by Crippen LogP contribution is 2.30. The maximum Gasteiger partial charge on any atom is 0.416 e. The first-order valence-electron chi connectivity index (χ1n) is 8.82. The predicted octanol–water partition coefficient (Wildman–Crippen LogP) is 4.81. The van der Waals surface area contributed by atoms with Crippen LogP contribution in [0.25, 0.3) is 21.8 Å². The van der Waals surface area contributed by atoms with Crippen LogP contribution in [0.2, 0.25) is 0 Å². The molecule has 1 heterocycles. The van der Waals surface area contributed by atoms with Crippen molar-refractivity contribution >= 4 is 33.4 Å². The third-order valence-corrected chi connectivity index (χ3v) is 4.65. The van der Waals surface area contributed by atoms with Crippen molar-refractivity contribution in [1.82, 2.24) is 4.57 Å². The molecule has 1 N–H and O–H groups in total. The number of nitrogens with one attached hydrogen (secondary N) is 1. The Hall–Kier alpha value is -3.61. The first kappa shape index (κ1) is 18.7. The molecule has 0 atom stereocenters. The fraction of sp³-hybridized carbons (Fsp3) is 0.0909. The van der Waals surface area contributed by atoms with Gasteiger partial charge in [0.05, 0.1) is 16.6 Å². The minimum atomic E-state index is -4.49. The standard InChI is InChI=1S/C22H15F3N2O2/c23-22(24,25)14-6-5-7-15(12-14)26-20(28)13-27-18-10-3-1-8-16(18)21(29)17-9-2-4-11-19(17)27/h1-12H,13H2,(H,26,28). The first-order chi connectivity index (χ1) is 13.8. The van der Waals surface area contributed by atoms with Crippen molar-refractivity contribution in [2.24, 2.45) is 0 Å². The summed E-state index contributed by atoms with van der Waals surface area (Å²) in [5, 5.41) is 3.45. The Morgan fingerprint density at radius 3 is 2.03 bits per heavy atom. The minimum Gasteiger partial charge on any atom is -0.331 e. The van der Waals surface area contributed by atoms with Crippen LogP contribution in [0.3, 0.4) is 0 Å². The number of hydrogen-bond donors (Lipinski definition) is 1. The van der Waals surface area contributed by atoms with Gasteiger partial charge in [-0.15, -0.1) is 0 Å². The van der Waals surface area contributed by atoms with Crippen molar-refractivity contribution in [2.75, 3.05) is 5.32 Å². The molecule has 29 heavy (non-hydrogen) atoms. The molecule has 0 saturated carbocycles. The maximum absolute atomic E-state index is 12.9. The number of fused-ring (bicyclic) bond motifs is 2. The summed E-state index contributed by atoms with van der Waals surface area (Å²) in [6, 6.07) is 18.3. The highest BCUT2D eigenvalue weighted by Gasteiger charge is 2.30. The van der Waals surface area contributed by atoms with E-state index in [-0.39, 0.29) is 17.7 Å². The monoisotopic (exact) mass is 396 g/mol. The van der Waals surface area contributed by atoms with E-state index in [1.807, 2.05) is 0 Å². The predicted molar refractivity (Wildman–Crippen MR) is 106 cm³/mol. The molecule has 7 heteroatoms. The molecule has 0 unspecified atom stereocenters. The van der Waals surface area contributed by atoms with E-state index in [0.717, 1.165) is 12.1 Å². The van der Waals surface area contributed by atoms with Crippen LogP contribution in [0.4, 0.5) is 18.9 Å². The lowest BCUT2D eigenvalue weighted by Crippen LogP contribution is -2.21. The Bertz CT molecular complexity index is 1230. The van der Waals surface area contributed by atoms with Crippen LogP contribution in [0.1, 0.15) is 5.56 Å². The van der Waals surface area contributed by atoms with Crippen molar-refractivity contribution < 1.29 is 18.0 Å². The van der Waals surface area contributed by atoms with Crippen LogP contribution in [-0.2, 0) is 17.5 Å². The van der Waals surface area contributed by atoms with Gasteiger partial charge in [-0.3, -0.25) is 9.59 Å². The molecule has 0 spiro atoms. The lowest BCUT2D eigenvalue weighted by molar-refractivity contribution is -0.137. The summed E-state index contributed by atoms with van der Waals surface area (Å²) in [7, 11) is 0. The van der Waals surface area contributed by atoms with Gasteiger partial charge in [-0.1, -0.05) is 30.3 Å². The SMILES string of the molecule is O=C(Cn1c2ccccc2c(=O)c2ccccc21)Nc1cccc(C(F)(F)F)c1. The Morgan fingerprint density at radius 2 is 1.45 bits per heavy atom. The molecule has 146 valence electrons. The largest absolute Gasteiger partial charge is 0.416 e. The van der Waals surface area contributed by atoms with Gasteiger partial charge in [0.2, 0.25) is 5.91 Å². The van der Waals surface area contributed by atoms with Gasteiger partial charge in [0.15, 0.2) is 5.43 Å². The summed E-state index contributed by atoms with van der Waals surface area (Å²) in [5.41, 5.74) is 0.241. The van der Waals surface area contributed by atoms with Crippen LogP contribution >= 0.6 is 0 Å². The smallest absolute Gasteiger partial charge is 0.331 e. The number of anilines is 1. The van der Waals surface area contributed by atoms with Crippen molar-refractivity contribution in [3.05, 3.63) is 88.6 Å². The number of hydrogen-bond acceptors (Lipinski definition) is 2. The number of pyridine rings is 1. The van der Waals surface area contributed by atoms with Crippen molar-refractivity contribution in [2.45, 2.75) is 12.7 Å². The Labute approximate surface area is 163 Å². The molecule has 1 aromatic heterocycles. The zero-order chi connectivity index (χ0) is 20.6. The number of nitrogens with zero attached hydrogens (tertiary/aromatic N) is 1. The summed E-state index contributed by atoms with van der Waals surface area (Å²) in [6.07, 6.45) is -4.49. The van der Waals surface area contributed by atoms with Crippen molar-refractivity contribution in [1.29, 1.82) is 0 Å². The molecule has 4 nitrogen and oxygen atoms in total. The zero-order valence-corrected chi connectivity index (χ0v) is 15.0. The normalized spacial score (nSPS) is 11.7. The lowest BCUT2D eigenvalue weighted by Gasteiger charge is -2.15. The average molecular weight is 396 g/mol. The molecule has 1 amide bonds. The third kappa shape index (κ3) is 3.59. The van der Waals surface area contributed by atoms with Gasteiger partial charge in [-0.05, 0) is 42.5 Å². The molecule has 0 radical (unpaired) electrons. The van der Waals surface area contributed by atoms with Crippen LogP contribution in [0.5, 0.6) is 0 Å². The summed E-state index contributed by atoms with van der Waals surface area (Å²) >= 11 is 0. The van der Waals surface area contributed by atoms with Crippen molar-refractivity contribution in [3.8, 4) is 0 Å². The fourth-order valence-corrected chi connectivity index (χ4v) is 3.36. The van der Waals surface area contributed by atoms with E-state index >= 15 is 0 Å². The number of carbonyl (C=O) groups excluding carboxylic acids is 1. The molecule has 0 bridgehead atoms. The lowest BCUT2D eigenvalue weighted by atomic mass is 10.1. The van der Waals surface area contributed by atoms with E-state index in [1.54, 1.807) is 53.1 Å². The number of carbonyl (C=O) groups is 1. The number of benzene rings is 3. The number of aromatic nitrogens is 1. The molecule has 0 aliphatic rings. The third-order valence-electron chi connectivity index (χ3n) is 4.65. The molecular formula is C22H15F3N2O2. The summed E-state index contributed by atoms with van der Waals surface area (Å²) in [4.78, 5) is 25.4. The van der Waals surface area contributed by atoms with E-state index in [2.05, 4.69) is 5.32 Å². The van der Waals surface area contributed by atoms with Crippen LogP contribution < -0.4 is 10.7 Å². The molecule has 0 aliphatic carbocycles. The van der Waals surface area contributed by atoms with E-state index in [1.165, 1.54) is 12.1 Å². The maximum atomic E-state index is 12.9. The Balaban J connectivity index is 1.73. The van der Waals surface area contributed by atoms with Gasteiger partial charge >= 0.3 is 6.18 Å². The topological polar surface area (TPSA) is 51.1 Å². The van der Waals surface area contributed by atoms with Crippen LogP contribution in [0.15, 0.2) is 77.6 Å². The number of amides is 1. The van der Waals surface area contributed by atoms with Crippen LogP contribution in [-0.4, -0.2) is 10.5 Å². The minimum absolute atomic E-state index is 0.0551. The highest BCUT2D eigenvalue weighted by molar-refractivity contribution is 5.97. The molecule has 0 aliphatic heterocycles. The number of halogens is 3. The summed E-state index contributed by atoms with van der Waals surface area (Å²) < 4.78 is 40.4. The second-order valence-electron chi connectivity index (χ2n) is 6.58. The van der Waals surface area contributed by atoms with Gasteiger partial charge in [0, 0.05) is 16.5 Å². The number of rotatable bonds is 3.